The van der Waals surface area contributed by atoms with Crippen molar-refractivity contribution in [1.82, 2.24) is 15.5 Å². The number of hydrogen-bond acceptors (Lipinski definition) is 3. The van der Waals surface area contributed by atoms with Crippen molar-refractivity contribution in [1.29, 1.82) is 0 Å². The summed E-state index contributed by atoms with van der Waals surface area (Å²) < 4.78 is 0.810. The van der Waals surface area contributed by atoms with Gasteiger partial charge in [0, 0.05) is 10.5 Å². The molecular weight excluding hydrogens is 374 g/mol. The van der Waals surface area contributed by atoms with Crippen molar-refractivity contribution in [2.24, 2.45) is 5.92 Å². The number of hydrogen-bond donors (Lipinski definition) is 2. The van der Waals surface area contributed by atoms with Crippen LogP contribution >= 0.6 is 15.9 Å². The molecule has 7 heteroatoms. The van der Waals surface area contributed by atoms with E-state index in [0.717, 1.165) is 9.37 Å². The molecule has 0 aromatic heterocycles. The van der Waals surface area contributed by atoms with Crippen LogP contribution in [0.2, 0.25) is 0 Å². The molecule has 130 valence electrons. The summed E-state index contributed by atoms with van der Waals surface area (Å²) in [7, 11) is 0. The molecule has 0 saturated carbocycles. The van der Waals surface area contributed by atoms with Gasteiger partial charge in [0.05, 0.1) is 0 Å². The molecule has 0 unspecified atom stereocenters. The summed E-state index contributed by atoms with van der Waals surface area (Å²) in [6.07, 6.45) is 0. The minimum absolute atomic E-state index is 0.0327. The Balaban J connectivity index is 2.15. The first-order valence-corrected chi connectivity index (χ1v) is 8.64. The summed E-state index contributed by atoms with van der Waals surface area (Å²) in [5.41, 5.74) is -0.515. The van der Waals surface area contributed by atoms with E-state index in [4.69, 9.17) is 0 Å². The fourth-order valence-corrected chi connectivity index (χ4v) is 2.84. The van der Waals surface area contributed by atoms with Crippen LogP contribution in [-0.2, 0) is 15.1 Å². The van der Waals surface area contributed by atoms with Crippen LogP contribution in [0.5, 0.6) is 0 Å². The van der Waals surface area contributed by atoms with Gasteiger partial charge in [0.2, 0.25) is 5.91 Å². The summed E-state index contributed by atoms with van der Waals surface area (Å²) >= 11 is 3.36. The summed E-state index contributed by atoms with van der Waals surface area (Å²) in [6.45, 7) is 7.22. The number of amides is 4. The summed E-state index contributed by atoms with van der Waals surface area (Å²) in [6, 6.07) is 6.59. The fourth-order valence-electron chi connectivity index (χ4n) is 2.45. The van der Waals surface area contributed by atoms with E-state index in [1.807, 2.05) is 26.8 Å². The SMILES string of the molecule is CC(C)[C@@H](C)NC(=O)CN1C(=O)N[C@@](C)(c2cccc(Br)c2)C1=O. The van der Waals surface area contributed by atoms with Gasteiger partial charge in [-0.15, -0.1) is 0 Å². The maximum absolute atomic E-state index is 12.8. The molecule has 1 saturated heterocycles. The van der Waals surface area contributed by atoms with E-state index in [2.05, 4.69) is 26.6 Å². The first-order valence-electron chi connectivity index (χ1n) is 7.84. The Morgan fingerprint density at radius 1 is 1.33 bits per heavy atom. The molecule has 2 rings (SSSR count). The third kappa shape index (κ3) is 3.61. The zero-order valence-electron chi connectivity index (χ0n) is 14.2. The molecular formula is C17H22BrN3O3. The normalized spacial score (nSPS) is 21.8. The molecule has 6 nitrogen and oxygen atoms in total. The van der Waals surface area contributed by atoms with Gasteiger partial charge in [0.1, 0.15) is 12.1 Å². The van der Waals surface area contributed by atoms with Crippen LogP contribution in [0.3, 0.4) is 0 Å². The molecule has 0 spiro atoms. The van der Waals surface area contributed by atoms with Crippen molar-refractivity contribution in [3.8, 4) is 0 Å². The predicted octanol–water partition coefficient (Wildman–Crippen LogP) is 2.38. The van der Waals surface area contributed by atoms with Gasteiger partial charge in [0.15, 0.2) is 0 Å². The van der Waals surface area contributed by atoms with E-state index in [-0.39, 0.29) is 24.4 Å². The number of imide groups is 1. The quantitative estimate of drug-likeness (QED) is 0.751. The first kappa shape index (κ1) is 18.4. The Hall–Kier alpha value is -1.89. The maximum Gasteiger partial charge on any atom is 0.325 e. The third-order valence-electron chi connectivity index (χ3n) is 4.37. The molecule has 1 fully saturated rings. The van der Waals surface area contributed by atoms with Crippen LogP contribution in [-0.4, -0.2) is 35.3 Å². The number of benzene rings is 1. The lowest BCUT2D eigenvalue weighted by atomic mass is 9.92. The van der Waals surface area contributed by atoms with Crippen LogP contribution in [0.15, 0.2) is 28.7 Å². The minimum atomic E-state index is -1.18. The number of carbonyl (C=O) groups is 3. The second kappa shape index (κ2) is 6.93. The molecule has 0 aliphatic carbocycles. The third-order valence-corrected chi connectivity index (χ3v) is 4.86. The van der Waals surface area contributed by atoms with Crippen molar-refractivity contribution in [2.75, 3.05) is 6.54 Å². The topological polar surface area (TPSA) is 78.5 Å². The van der Waals surface area contributed by atoms with E-state index in [9.17, 15) is 14.4 Å². The number of carbonyl (C=O) groups excluding carboxylic acids is 3. The Bertz CT molecular complexity index is 677. The number of halogens is 1. The van der Waals surface area contributed by atoms with Crippen LogP contribution < -0.4 is 10.6 Å². The van der Waals surface area contributed by atoms with Crippen molar-refractivity contribution in [3.05, 3.63) is 34.3 Å². The lowest BCUT2D eigenvalue weighted by Crippen LogP contribution is -2.46. The van der Waals surface area contributed by atoms with Gasteiger partial charge >= 0.3 is 6.03 Å². The molecule has 4 amide bonds. The van der Waals surface area contributed by atoms with Gasteiger partial charge in [-0.1, -0.05) is 41.9 Å². The molecule has 1 aromatic rings. The van der Waals surface area contributed by atoms with Crippen molar-refractivity contribution >= 4 is 33.8 Å². The van der Waals surface area contributed by atoms with Crippen LogP contribution in [0.25, 0.3) is 0 Å². The van der Waals surface area contributed by atoms with E-state index in [1.54, 1.807) is 25.1 Å². The minimum Gasteiger partial charge on any atom is -0.352 e. The molecule has 1 aliphatic rings. The van der Waals surface area contributed by atoms with Gasteiger partial charge in [-0.05, 0) is 37.5 Å². The standard InChI is InChI=1S/C17H22BrN3O3/c1-10(2)11(3)19-14(22)9-21-15(23)17(4,20-16(21)24)12-6-5-7-13(18)8-12/h5-8,10-11H,9H2,1-4H3,(H,19,22)(H,20,24)/t11-,17+/m1/s1. The second-order valence-corrected chi connectivity index (χ2v) is 7.47. The van der Waals surface area contributed by atoms with Crippen LogP contribution in [0.1, 0.15) is 33.3 Å². The summed E-state index contributed by atoms with van der Waals surface area (Å²) in [5, 5.41) is 5.49. The number of nitrogens with one attached hydrogen (secondary N) is 2. The maximum atomic E-state index is 12.8. The molecule has 1 aromatic carbocycles. The van der Waals surface area contributed by atoms with E-state index in [0.29, 0.717) is 5.56 Å². The number of nitrogens with zero attached hydrogens (tertiary/aromatic N) is 1. The van der Waals surface area contributed by atoms with Crippen LogP contribution in [0, 0.1) is 5.92 Å². The zero-order valence-corrected chi connectivity index (χ0v) is 15.8. The lowest BCUT2D eigenvalue weighted by Gasteiger charge is -2.23. The highest BCUT2D eigenvalue weighted by Crippen LogP contribution is 2.30. The predicted molar refractivity (Wildman–Crippen MR) is 94.2 cm³/mol. The van der Waals surface area contributed by atoms with Gasteiger partial charge in [-0.25, -0.2) is 4.79 Å². The molecule has 2 atom stereocenters. The number of rotatable bonds is 5. The Labute approximate surface area is 150 Å². The molecule has 24 heavy (non-hydrogen) atoms. The highest BCUT2D eigenvalue weighted by atomic mass is 79.9. The van der Waals surface area contributed by atoms with Gasteiger partial charge < -0.3 is 10.6 Å². The van der Waals surface area contributed by atoms with Gasteiger partial charge in [-0.3, -0.25) is 14.5 Å². The van der Waals surface area contributed by atoms with Crippen LogP contribution in [0.4, 0.5) is 4.79 Å². The first-order chi connectivity index (χ1) is 11.1. The largest absolute Gasteiger partial charge is 0.352 e. The monoisotopic (exact) mass is 395 g/mol. The Morgan fingerprint density at radius 2 is 2.00 bits per heavy atom. The Kier molecular flexibility index (Phi) is 5.32. The highest BCUT2D eigenvalue weighted by molar-refractivity contribution is 9.10. The second-order valence-electron chi connectivity index (χ2n) is 6.56. The zero-order chi connectivity index (χ0) is 18.1. The average molecular weight is 396 g/mol. The van der Waals surface area contributed by atoms with Gasteiger partial charge in [0.25, 0.3) is 5.91 Å². The van der Waals surface area contributed by atoms with Crippen molar-refractivity contribution in [3.63, 3.8) is 0 Å². The van der Waals surface area contributed by atoms with Crippen molar-refractivity contribution < 1.29 is 14.4 Å². The number of urea groups is 1. The smallest absolute Gasteiger partial charge is 0.325 e. The molecule has 0 bridgehead atoms. The summed E-state index contributed by atoms with van der Waals surface area (Å²) in [5.74, 6) is -0.514. The molecule has 1 aliphatic heterocycles. The van der Waals surface area contributed by atoms with Gasteiger partial charge in [-0.2, -0.15) is 0 Å². The molecule has 2 N–H and O–H groups in total. The highest BCUT2D eigenvalue weighted by Gasteiger charge is 2.49. The van der Waals surface area contributed by atoms with E-state index in [1.165, 1.54) is 0 Å². The molecule has 1 heterocycles. The average Bonchev–Trinajstić information content (AvgIpc) is 2.71. The Morgan fingerprint density at radius 3 is 2.58 bits per heavy atom. The van der Waals surface area contributed by atoms with E-state index < -0.39 is 17.5 Å². The summed E-state index contributed by atoms with van der Waals surface area (Å²) in [4.78, 5) is 38.0. The molecule has 0 radical (unpaired) electrons. The van der Waals surface area contributed by atoms with E-state index >= 15 is 0 Å². The fraction of sp³-hybridized carbons (Fsp3) is 0.471. The lowest BCUT2D eigenvalue weighted by molar-refractivity contribution is -0.135. The van der Waals surface area contributed by atoms with Crippen molar-refractivity contribution in [2.45, 2.75) is 39.3 Å².